The van der Waals surface area contributed by atoms with Gasteiger partial charge in [-0.25, -0.2) is 0 Å². The van der Waals surface area contributed by atoms with Crippen LogP contribution in [-0.4, -0.2) is 9.78 Å². The first-order chi connectivity index (χ1) is 14.8. The van der Waals surface area contributed by atoms with Crippen LogP contribution in [0.1, 0.15) is 85.1 Å². The number of aromatic nitrogens is 2. The molecule has 4 aliphatic rings. The Balaban J connectivity index is 1.38. The van der Waals surface area contributed by atoms with Crippen LogP contribution in [0.3, 0.4) is 0 Å². The van der Waals surface area contributed by atoms with E-state index >= 15 is 0 Å². The van der Waals surface area contributed by atoms with Gasteiger partial charge >= 0.3 is 0 Å². The fourth-order valence-electron chi connectivity index (χ4n) is 10.1. The predicted octanol–water partition coefficient (Wildman–Crippen LogP) is 6.79. The van der Waals surface area contributed by atoms with Crippen molar-refractivity contribution in [2.45, 2.75) is 86.1 Å². The molecule has 0 N–H and O–H groups in total. The van der Waals surface area contributed by atoms with Gasteiger partial charge in [0.15, 0.2) is 0 Å². The fourth-order valence-corrected chi connectivity index (χ4v) is 10.1. The van der Waals surface area contributed by atoms with Gasteiger partial charge in [0.25, 0.3) is 0 Å². The molecule has 0 aromatic carbocycles. The molecule has 0 bridgehead atoms. The molecule has 31 heavy (non-hydrogen) atoms. The summed E-state index contributed by atoms with van der Waals surface area (Å²) in [5.41, 5.74) is 1.16. The summed E-state index contributed by atoms with van der Waals surface area (Å²) < 4.78 is 2.03. The van der Waals surface area contributed by atoms with E-state index in [9.17, 15) is 5.26 Å². The van der Waals surface area contributed by atoms with Gasteiger partial charge in [0.2, 0.25) is 0 Å². The summed E-state index contributed by atoms with van der Waals surface area (Å²) in [4.78, 5) is 0. The number of rotatable bonds is 3. The van der Waals surface area contributed by atoms with Crippen molar-refractivity contribution in [1.29, 1.82) is 5.26 Å². The Kier molecular flexibility index (Phi) is 5.51. The third-order valence-corrected chi connectivity index (χ3v) is 11.1. The topological polar surface area (TPSA) is 41.6 Å². The van der Waals surface area contributed by atoms with Crippen molar-refractivity contribution < 1.29 is 0 Å². The SMILES string of the molecule is CC1CCC2C(CCC3C2CCC2(C)C(C(C)Cn4cc(C#N)cn4)C(C)[C@@H](C)C32)C1. The van der Waals surface area contributed by atoms with Crippen LogP contribution in [0.4, 0.5) is 0 Å². The normalized spacial score (nSPS) is 47.7. The van der Waals surface area contributed by atoms with Crippen LogP contribution in [0.5, 0.6) is 0 Å². The van der Waals surface area contributed by atoms with Crippen molar-refractivity contribution in [2.75, 3.05) is 0 Å². The van der Waals surface area contributed by atoms with Gasteiger partial charge in [-0.15, -0.1) is 0 Å². The van der Waals surface area contributed by atoms with E-state index in [1.54, 1.807) is 6.20 Å². The van der Waals surface area contributed by atoms with Gasteiger partial charge in [-0.2, -0.15) is 10.4 Å². The van der Waals surface area contributed by atoms with Gasteiger partial charge in [0, 0.05) is 12.7 Å². The highest BCUT2D eigenvalue weighted by molar-refractivity contribution is 5.21. The maximum absolute atomic E-state index is 9.17. The van der Waals surface area contributed by atoms with Gasteiger partial charge in [-0.3, -0.25) is 4.68 Å². The van der Waals surface area contributed by atoms with E-state index in [0.29, 0.717) is 16.9 Å². The summed E-state index contributed by atoms with van der Waals surface area (Å²) in [6.45, 7) is 13.7. The Morgan fingerprint density at radius 1 is 1.10 bits per heavy atom. The zero-order valence-corrected chi connectivity index (χ0v) is 20.4. The van der Waals surface area contributed by atoms with Crippen LogP contribution >= 0.6 is 0 Å². The molecule has 0 aliphatic heterocycles. The van der Waals surface area contributed by atoms with Crippen molar-refractivity contribution in [3.63, 3.8) is 0 Å². The third kappa shape index (κ3) is 3.39. The van der Waals surface area contributed by atoms with Gasteiger partial charge in [-0.05, 0) is 103 Å². The summed E-state index contributed by atoms with van der Waals surface area (Å²) in [7, 11) is 0. The lowest BCUT2D eigenvalue weighted by molar-refractivity contribution is -0.0820. The first-order valence-electron chi connectivity index (χ1n) is 13.3. The molecule has 1 aromatic heterocycles. The average molecular weight is 422 g/mol. The Bertz CT molecular complexity index is 836. The molecule has 4 saturated carbocycles. The largest absolute Gasteiger partial charge is 0.271 e. The first kappa shape index (κ1) is 21.5. The molecule has 0 radical (unpaired) electrons. The molecule has 3 nitrogen and oxygen atoms in total. The molecular weight excluding hydrogens is 378 g/mol. The molecular formula is C28H43N3. The minimum atomic E-state index is 0.472. The smallest absolute Gasteiger partial charge is 0.102 e. The van der Waals surface area contributed by atoms with Crippen molar-refractivity contribution >= 4 is 0 Å². The predicted molar refractivity (Wildman–Crippen MR) is 125 cm³/mol. The van der Waals surface area contributed by atoms with E-state index in [1.807, 2.05) is 10.9 Å². The highest BCUT2D eigenvalue weighted by Gasteiger charge is 2.62. The lowest BCUT2D eigenvalue weighted by atomic mass is 9.48. The van der Waals surface area contributed by atoms with E-state index in [1.165, 1.54) is 44.9 Å². The lowest BCUT2D eigenvalue weighted by Gasteiger charge is -2.57. The second-order valence-electron chi connectivity index (χ2n) is 12.6. The summed E-state index contributed by atoms with van der Waals surface area (Å²) in [6, 6.07) is 2.23. The standard InChI is InChI=1S/C28H43N3/c1-17-6-8-23-22(12-17)7-9-25-24(23)10-11-28(5)26(19(3)20(4)27(25)28)18(2)15-31-16-21(13-29)14-30-31/h14,16-20,22-27H,6-12,15H2,1-5H3/t17?,18?,19?,20-,22?,23?,24?,25?,26?,27?,28?/m1/s1. The van der Waals surface area contributed by atoms with E-state index < -0.39 is 0 Å². The summed E-state index contributed by atoms with van der Waals surface area (Å²) in [5.74, 6) is 8.88. The minimum Gasteiger partial charge on any atom is -0.271 e. The van der Waals surface area contributed by atoms with Crippen LogP contribution in [-0.2, 0) is 6.54 Å². The maximum Gasteiger partial charge on any atom is 0.102 e. The number of nitrogens with zero attached hydrogens (tertiary/aromatic N) is 3. The van der Waals surface area contributed by atoms with Gasteiger partial charge < -0.3 is 0 Å². The lowest BCUT2D eigenvalue weighted by Crippen LogP contribution is -2.50. The molecule has 0 saturated heterocycles. The molecule has 170 valence electrons. The van der Waals surface area contributed by atoms with Crippen LogP contribution in [0.25, 0.3) is 0 Å². The highest BCUT2D eigenvalue weighted by atomic mass is 15.3. The molecule has 3 heteroatoms. The second-order valence-corrected chi connectivity index (χ2v) is 12.6. The monoisotopic (exact) mass is 421 g/mol. The molecule has 1 aromatic rings. The molecule has 10 unspecified atom stereocenters. The van der Waals surface area contributed by atoms with Gasteiger partial charge in [0.1, 0.15) is 6.07 Å². The first-order valence-corrected chi connectivity index (χ1v) is 13.3. The fraction of sp³-hybridized carbons (Fsp3) is 0.857. The molecule has 0 spiro atoms. The summed E-state index contributed by atoms with van der Waals surface area (Å²) in [5, 5.41) is 13.7. The van der Waals surface area contributed by atoms with E-state index in [-0.39, 0.29) is 0 Å². The quantitative estimate of drug-likeness (QED) is 0.539. The number of nitriles is 1. The van der Waals surface area contributed by atoms with E-state index in [2.05, 4.69) is 45.8 Å². The van der Waals surface area contributed by atoms with E-state index in [4.69, 9.17) is 0 Å². The van der Waals surface area contributed by atoms with Crippen molar-refractivity contribution in [2.24, 2.45) is 64.6 Å². The maximum atomic E-state index is 9.17. The molecule has 11 atom stereocenters. The molecule has 0 amide bonds. The van der Waals surface area contributed by atoms with Crippen LogP contribution in [0.2, 0.25) is 0 Å². The van der Waals surface area contributed by atoms with Gasteiger partial charge in [-0.1, -0.05) is 41.0 Å². The van der Waals surface area contributed by atoms with Gasteiger partial charge in [0.05, 0.1) is 11.8 Å². The minimum absolute atomic E-state index is 0.472. The van der Waals surface area contributed by atoms with Crippen molar-refractivity contribution in [1.82, 2.24) is 9.78 Å². The van der Waals surface area contributed by atoms with Crippen LogP contribution in [0.15, 0.2) is 12.4 Å². The number of fused-ring (bicyclic) bond motifs is 5. The Labute approximate surface area is 190 Å². The highest BCUT2D eigenvalue weighted by Crippen LogP contribution is 2.68. The third-order valence-electron chi connectivity index (χ3n) is 11.1. The Morgan fingerprint density at radius 3 is 2.61 bits per heavy atom. The average Bonchev–Trinajstić information content (AvgIpc) is 3.27. The number of hydrogen-bond donors (Lipinski definition) is 0. The van der Waals surface area contributed by atoms with E-state index in [0.717, 1.165) is 59.8 Å². The van der Waals surface area contributed by atoms with Crippen LogP contribution in [0, 0.1) is 75.9 Å². The molecule has 1 heterocycles. The second kappa shape index (κ2) is 7.93. The number of hydrogen-bond acceptors (Lipinski definition) is 2. The molecule has 4 aliphatic carbocycles. The Hall–Kier alpha value is -1.30. The summed E-state index contributed by atoms with van der Waals surface area (Å²) >= 11 is 0. The molecule has 5 rings (SSSR count). The Morgan fingerprint density at radius 2 is 1.87 bits per heavy atom. The van der Waals surface area contributed by atoms with Crippen LogP contribution < -0.4 is 0 Å². The molecule has 4 fully saturated rings. The van der Waals surface area contributed by atoms with Crippen molar-refractivity contribution in [3.05, 3.63) is 18.0 Å². The van der Waals surface area contributed by atoms with Crippen molar-refractivity contribution in [3.8, 4) is 6.07 Å². The zero-order valence-electron chi connectivity index (χ0n) is 20.4. The summed E-state index contributed by atoms with van der Waals surface area (Å²) in [6.07, 6.45) is 14.1. The zero-order chi connectivity index (χ0) is 21.9.